The van der Waals surface area contributed by atoms with Gasteiger partial charge in [0.1, 0.15) is 29.4 Å². The molecule has 1 saturated heterocycles. The molecule has 2 aliphatic heterocycles. The Morgan fingerprint density at radius 3 is 2.65 bits per heavy atom. The van der Waals surface area contributed by atoms with Gasteiger partial charge in [-0.3, -0.25) is 14.5 Å². The third-order valence-corrected chi connectivity index (χ3v) is 6.54. The quantitative estimate of drug-likeness (QED) is 0.137. The van der Waals surface area contributed by atoms with E-state index in [0.29, 0.717) is 5.75 Å². The first-order valence-corrected chi connectivity index (χ1v) is 13.0. The summed E-state index contributed by atoms with van der Waals surface area (Å²) in [5.74, 6) is -1.47. The zero-order valence-corrected chi connectivity index (χ0v) is 22.9. The van der Waals surface area contributed by atoms with Crippen LogP contribution in [0.25, 0.3) is 0 Å². The van der Waals surface area contributed by atoms with Gasteiger partial charge in [-0.15, -0.1) is 35.5 Å². The van der Waals surface area contributed by atoms with E-state index in [1.165, 1.54) is 29.7 Å². The Labute approximate surface area is 227 Å². The second-order valence-electron chi connectivity index (χ2n) is 7.95. The number of rotatable bonds is 10. The number of carbonyl (C=O) groups is 4. The molecule has 1 aromatic heterocycles. The van der Waals surface area contributed by atoms with Crippen molar-refractivity contribution in [2.45, 2.75) is 45.4 Å². The average molecular weight is 578 g/mol. The highest BCUT2D eigenvalue weighted by Crippen LogP contribution is 2.38. The summed E-state index contributed by atoms with van der Waals surface area (Å²) in [4.78, 5) is 60.5. The molecule has 2 amide bonds. The number of fused-ring (bicyclic) bond motifs is 1. The third-order valence-electron chi connectivity index (χ3n) is 4.68. The number of ether oxygens (including phenoxy) is 3. The lowest BCUT2D eigenvalue weighted by molar-refractivity contribution is -0.168. The van der Waals surface area contributed by atoms with E-state index in [1.54, 1.807) is 12.3 Å². The Balaban J connectivity index is 0.00000481. The van der Waals surface area contributed by atoms with Crippen LogP contribution < -0.4 is 11.1 Å². The van der Waals surface area contributed by atoms with Gasteiger partial charge in [-0.05, 0) is 18.9 Å². The van der Waals surface area contributed by atoms with Gasteiger partial charge in [-0.2, -0.15) is 0 Å². The van der Waals surface area contributed by atoms with Crippen molar-refractivity contribution in [3.63, 3.8) is 0 Å². The van der Waals surface area contributed by atoms with Crippen molar-refractivity contribution in [2.75, 3.05) is 24.7 Å². The largest absolute Gasteiger partial charge is 0.511 e. The molecule has 3 atom stereocenters. The number of β-lactam (4-membered cyclic amide) rings is 1. The van der Waals surface area contributed by atoms with Gasteiger partial charge >= 0.3 is 12.1 Å². The highest BCUT2D eigenvalue weighted by Gasteiger charge is 2.53. The summed E-state index contributed by atoms with van der Waals surface area (Å²) in [7, 11) is 0. The number of carbonyl (C=O) groups excluding carboxylic acids is 4. The topological polar surface area (TPSA) is 172 Å². The zero-order chi connectivity index (χ0) is 26.4. The van der Waals surface area contributed by atoms with Gasteiger partial charge in [0.05, 0.1) is 6.61 Å². The number of nitrogen functional groups attached to an aromatic ring is 1. The first-order valence-electron chi connectivity index (χ1n) is 11.0. The third kappa shape index (κ3) is 7.49. The summed E-state index contributed by atoms with van der Waals surface area (Å²) in [6, 6.07) is -0.918. The molecule has 204 valence electrons. The van der Waals surface area contributed by atoms with E-state index >= 15 is 0 Å². The molecule has 3 N–H and O–H groups in total. The molecule has 0 aromatic carbocycles. The normalized spacial score (nSPS) is 19.5. The molecule has 0 spiro atoms. The van der Waals surface area contributed by atoms with Crippen molar-refractivity contribution in [1.29, 1.82) is 0 Å². The van der Waals surface area contributed by atoms with Crippen LogP contribution in [-0.4, -0.2) is 76.2 Å². The molecule has 13 nitrogen and oxygen atoms in total. The smallest absolute Gasteiger partial charge is 0.435 e. The van der Waals surface area contributed by atoms with E-state index in [4.69, 9.17) is 20.0 Å². The Morgan fingerprint density at radius 1 is 1.30 bits per heavy atom. The molecule has 0 radical (unpaired) electrons. The number of oxime groups is 1. The molecule has 3 rings (SSSR count). The predicted octanol–water partition coefficient (Wildman–Crippen LogP) is 1.87. The van der Waals surface area contributed by atoms with Crippen molar-refractivity contribution < 1.29 is 38.2 Å². The number of thiazole rings is 1. The summed E-state index contributed by atoms with van der Waals surface area (Å²) < 4.78 is 14.6. The van der Waals surface area contributed by atoms with Crippen LogP contribution in [0.4, 0.5) is 9.93 Å². The minimum absolute atomic E-state index is 0. The van der Waals surface area contributed by atoms with Crippen LogP contribution in [0.3, 0.4) is 0 Å². The molecule has 1 fully saturated rings. The molecule has 3 heterocycles. The van der Waals surface area contributed by atoms with Crippen LogP contribution in [0.2, 0.25) is 0 Å². The fourth-order valence-corrected chi connectivity index (χ4v) is 4.86. The first-order chi connectivity index (χ1) is 17.1. The number of halogens is 1. The van der Waals surface area contributed by atoms with E-state index in [9.17, 15) is 19.2 Å². The molecule has 2 unspecified atom stereocenters. The second kappa shape index (κ2) is 13.5. The Hall–Kier alpha value is -3.04. The standard InChI is InChI=1S/C21H27N5O8S2.ClH/c1-5-31-21(30)34-11(4)33-19(29)13-6-7-35-18-15(17(28)26(13)18)24-16(27)14(25-32-8-10(2)3)12-9-36-20(22)23-12;/h6,9-11,15,18H,5,7-8H2,1-4H3,(H2,22,23)(H,24,27);1H/t11?,15?,18-;/m0./s1. The SMILES string of the molecule is CCOC(=O)OC(C)OC(=O)C1=CCS[C@H]2C(NC(=O)C(=NOCC(C)C)c3csc(N)n3)C(=O)N12.Cl. The minimum Gasteiger partial charge on any atom is -0.435 e. The van der Waals surface area contributed by atoms with Crippen LogP contribution in [0.1, 0.15) is 33.4 Å². The summed E-state index contributed by atoms with van der Waals surface area (Å²) in [5.41, 5.74) is 5.79. The molecule has 0 aliphatic carbocycles. The van der Waals surface area contributed by atoms with E-state index < -0.39 is 41.6 Å². The number of thioether (sulfide) groups is 1. The molecule has 0 saturated carbocycles. The number of hydrogen-bond donors (Lipinski definition) is 2. The Morgan fingerprint density at radius 2 is 2.03 bits per heavy atom. The lowest BCUT2D eigenvalue weighted by atomic mass is 10.0. The van der Waals surface area contributed by atoms with E-state index in [1.807, 2.05) is 13.8 Å². The fourth-order valence-electron chi connectivity index (χ4n) is 3.11. The zero-order valence-electron chi connectivity index (χ0n) is 20.5. The lowest BCUT2D eigenvalue weighted by Crippen LogP contribution is -2.70. The minimum atomic E-state index is -1.23. The van der Waals surface area contributed by atoms with E-state index in [2.05, 4.69) is 20.2 Å². The lowest BCUT2D eigenvalue weighted by Gasteiger charge is -2.48. The van der Waals surface area contributed by atoms with Gasteiger partial charge in [0.25, 0.3) is 11.8 Å². The van der Waals surface area contributed by atoms with Crippen LogP contribution in [0, 0.1) is 5.92 Å². The number of nitrogens with two attached hydrogens (primary N) is 1. The number of amides is 2. The highest BCUT2D eigenvalue weighted by atomic mass is 35.5. The summed E-state index contributed by atoms with van der Waals surface area (Å²) in [6.45, 7) is 7.19. The van der Waals surface area contributed by atoms with E-state index in [-0.39, 0.29) is 53.8 Å². The number of nitrogens with one attached hydrogen (secondary N) is 1. The monoisotopic (exact) mass is 577 g/mol. The van der Waals surface area contributed by atoms with Crippen molar-refractivity contribution in [1.82, 2.24) is 15.2 Å². The summed E-state index contributed by atoms with van der Waals surface area (Å²) in [5, 5.41) is 7.84. The maximum Gasteiger partial charge on any atom is 0.511 e. The van der Waals surface area contributed by atoms with Crippen LogP contribution in [-0.2, 0) is 33.4 Å². The summed E-state index contributed by atoms with van der Waals surface area (Å²) >= 11 is 2.49. The van der Waals surface area contributed by atoms with Gasteiger partial charge in [0, 0.05) is 18.1 Å². The maximum atomic E-state index is 13.0. The van der Waals surface area contributed by atoms with Crippen LogP contribution in [0.15, 0.2) is 22.3 Å². The van der Waals surface area contributed by atoms with Crippen LogP contribution in [0.5, 0.6) is 0 Å². The number of nitrogens with zero attached hydrogens (tertiary/aromatic N) is 3. The fraction of sp³-hybridized carbons (Fsp3) is 0.524. The van der Waals surface area contributed by atoms with Gasteiger partial charge in [-0.1, -0.05) is 19.0 Å². The van der Waals surface area contributed by atoms with Crippen molar-refractivity contribution in [3.8, 4) is 0 Å². The van der Waals surface area contributed by atoms with Crippen molar-refractivity contribution >= 4 is 70.3 Å². The van der Waals surface area contributed by atoms with Crippen molar-refractivity contribution in [2.24, 2.45) is 11.1 Å². The molecular formula is C21H28ClN5O8S2. The molecule has 2 aliphatic rings. The molecule has 0 bridgehead atoms. The molecule has 1 aromatic rings. The number of esters is 1. The molecule has 16 heteroatoms. The number of hydrogen-bond acceptors (Lipinski definition) is 13. The van der Waals surface area contributed by atoms with Crippen molar-refractivity contribution in [3.05, 3.63) is 22.8 Å². The first kappa shape index (κ1) is 30.2. The second-order valence-corrected chi connectivity index (χ2v) is 9.99. The maximum absolute atomic E-state index is 13.0. The summed E-state index contributed by atoms with van der Waals surface area (Å²) in [6.07, 6.45) is -0.683. The number of aromatic nitrogens is 1. The Kier molecular flexibility index (Phi) is 11.0. The average Bonchev–Trinajstić information content (AvgIpc) is 3.24. The van der Waals surface area contributed by atoms with Gasteiger partial charge in [0.2, 0.25) is 6.29 Å². The van der Waals surface area contributed by atoms with Gasteiger partial charge in [-0.25, -0.2) is 14.6 Å². The van der Waals surface area contributed by atoms with Gasteiger partial charge < -0.3 is 30.1 Å². The molecule has 37 heavy (non-hydrogen) atoms. The van der Waals surface area contributed by atoms with Gasteiger partial charge in [0.15, 0.2) is 10.8 Å². The highest BCUT2D eigenvalue weighted by molar-refractivity contribution is 8.00. The molecular weight excluding hydrogens is 550 g/mol. The van der Waals surface area contributed by atoms with Crippen LogP contribution >= 0.6 is 35.5 Å². The Bertz CT molecular complexity index is 1080. The predicted molar refractivity (Wildman–Crippen MR) is 138 cm³/mol. The van der Waals surface area contributed by atoms with E-state index in [0.717, 1.165) is 11.3 Å². The number of anilines is 1.